The molecule has 0 saturated carbocycles. The van der Waals surface area contributed by atoms with E-state index in [9.17, 15) is 4.79 Å². The summed E-state index contributed by atoms with van der Waals surface area (Å²) < 4.78 is 5.60. The van der Waals surface area contributed by atoms with Gasteiger partial charge in [-0.15, -0.1) is 0 Å². The van der Waals surface area contributed by atoms with Crippen LogP contribution in [0.15, 0.2) is 30.3 Å². The number of likely N-dealkylation sites (N-methyl/N-ethyl adjacent to an activating group) is 1. The number of carbonyl (C=O) groups excluding carboxylic acids is 1. The van der Waals surface area contributed by atoms with E-state index in [4.69, 9.17) is 9.84 Å². The number of carbonyl (C=O) groups is 1. The average molecular weight is 265 g/mol. The molecule has 1 amide bonds. The third-order valence-corrected chi connectivity index (χ3v) is 2.97. The molecular formula is C15H23NO3. The van der Waals surface area contributed by atoms with Crippen LogP contribution in [0.4, 0.5) is 0 Å². The summed E-state index contributed by atoms with van der Waals surface area (Å²) in [5.41, 5.74) is 1.06. The van der Waals surface area contributed by atoms with Crippen molar-refractivity contribution in [3.05, 3.63) is 35.9 Å². The highest BCUT2D eigenvalue weighted by atomic mass is 16.5. The molecule has 19 heavy (non-hydrogen) atoms. The molecule has 0 spiro atoms. The van der Waals surface area contributed by atoms with Gasteiger partial charge in [0.15, 0.2) is 0 Å². The van der Waals surface area contributed by atoms with E-state index in [0.717, 1.165) is 5.56 Å². The average Bonchev–Trinajstić information content (AvgIpc) is 2.46. The molecule has 0 aliphatic rings. The summed E-state index contributed by atoms with van der Waals surface area (Å²) in [4.78, 5) is 13.8. The molecule has 1 N–H and O–H groups in total. The van der Waals surface area contributed by atoms with Crippen molar-refractivity contribution in [1.82, 2.24) is 4.90 Å². The fourth-order valence-corrected chi connectivity index (χ4v) is 1.81. The monoisotopic (exact) mass is 265 g/mol. The molecule has 0 aliphatic heterocycles. The van der Waals surface area contributed by atoms with Gasteiger partial charge in [0.1, 0.15) is 6.10 Å². The van der Waals surface area contributed by atoms with Crippen LogP contribution in [0.2, 0.25) is 0 Å². The third-order valence-electron chi connectivity index (χ3n) is 2.97. The molecule has 4 nitrogen and oxygen atoms in total. The maximum absolute atomic E-state index is 12.1. The van der Waals surface area contributed by atoms with Crippen molar-refractivity contribution in [1.29, 1.82) is 0 Å². The van der Waals surface area contributed by atoms with Crippen LogP contribution in [0, 0.1) is 0 Å². The van der Waals surface area contributed by atoms with Crippen molar-refractivity contribution in [3.63, 3.8) is 0 Å². The van der Waals surface area contributed by atoms with Gasteiger partial charge in [-0.25, -0.2) is 0 Å². The number of nitrogens with zero attached hydrogens (tertiary/aromatic N) is 1. The zero-order valence-corrected chi connectivity index (χ0v) is 11.7. The summed E-state index contributed by atoms with van der Waals surface area (Å²) >= 11 is 0. The molecule has 106 valence electrons. The normalized spacial score (nSPS) is 12.2. The third kappa shape index (κ3) is 5.41. The van der Waals surface area contributed by atoms with Gasteiger partial charge in [-0.3, -0.25) is 4.79 Å². The Labute approximate surface area is 115 Å². The summed E-state index contributed by atoms with van der Waals surface area (Å²) in [5.74, 6) is -0.0214. The minimum Gasteiger partial charge on any atom is -0.396 e. The predicted molar refractivity (Wildman–Crippen MR) is 74.6 cm³/mol. The van der Waals surface area contributed by atoms with E-state index in [1.807, 2.05) is 37.3 Å². The van der Waals surface area contributed by atoms with Crippen LogP contribution in [0.3, 0.4) is 0 Å². The number of aliphatic hydroxyl groups excluding tert-OH is 1. The van der Waals surface area contributed by atoms with Gasteiger partial charge in [-0.2, -0.15) is 0 Å². The Morgan fingerprint density at radius 3 is 2.63 bits per heavy atom. The maximum atomic E-state index is 12.1. The van der Waals surface area contributed by atoms with E-state index in [-0.39, 0.29) is 12.5 Å². The number of hydrogen-bond acceptors (Lipinski definition) is 3. The minimum absolute atomic E-state index is 0.0214. The standard InChI is InChI=1S/C15H23NO3/c1-3-16(10-7-11-17)15(18)13(2)19-12-14-8-5-4-6-9-14/h4-6,8-9,13,17H,3,7,10-12H2,1-2H3. The summed E-state index contributed by atoms with van der Waals surface area (Å²) in [7, 11) is 0. The molecular weight excluding hydrogens is 242 g/mol. The number of ether oxygens (including phenoxy) is 1. The number of benzene rings is 1. The number of aliphatic hydroxyl groups is 1. The van der Waals surface area contributed by atoms with Crippen molar-refractivity contribution in [2.75, 3.05) is 19.7 Å². The molecule has 0 aliphatic carbocycles. The smallest absolute Gasteiger partial charge is 0.251 e. The lowest BCUT2D eigenvalue weighted by Crippen LogP contribution is -2.39. The van der Waals surface area contributed by atoms with Crippen LogP contribution >= 0.6 is 0 Å². The van der Waals surface area contributed by atoms with Gasteiger partial charge in [0, 0.05) is 19.7 Å². The van der Waals surface area contributed by atoms with Crippen molar-refractivity contribution < 1.29 is 14.6 Å². The van der Waals surface area contributed by atoms with Crippen molar-refractivity contribution in [2.24, 2.45) is 0 Å². The van der Waals surface area contributed by atoms with Crippen LogP contribution in [0.25, 0.3) is 0 Å². The van der Waals surface area contributed by atoms with Gasteiger partial charge in [0.05, 0.1) is 6.61 Å². The molecule has 0 saturated heterocycles. The summed E-state index contributed by atoms with van der Waals surface area (Å²) in [6.07, 6.45) is 0.143. The second-order valence-corrected chi connectivity index (χ2v) is 4.43. The van der Waals surface area contributed by atoms with Crippen molar-refractivity contribution in [3.8, 4) is 0 Å². The second-order valence-electron chi connectivity index (χ2n) is 4.43. The van der Waals surface area contributed by atoms with Crippen LogP contribution in [-0.4, -0.2) is 41.7 Å². The Bertz CT molecular complexity index is 367. The Balaban J connectivity index is 2.42. The van der Waals surface area contributed by atoms with E-state index in [1.54, 1.807) is 11.8 Å². The van der Waals surface area contributed by atoms with E-state index in [1.165, 1.54) is 0 Å². The molecule has 1 atom stereocenters. The lowest BCUT2D eigenvalue weighted by molar-refractivity contribution is -0.143. The van der Waals surface area contributed by atoms with Crippen molar-refractivity contribution in [2.45, 2.75) is 33.0 Å². The molecule has 0 bridgehead atoms. The summed E-state index contributed by atoms with van der Waals surface area (Å²) in [5, 5.41) is 8.81. The molecule has 1 rings (SSSR count). The number of amides is 1. The van der Waals surface area contributed by atoms with Crippen LogP contribution < -0.4 is 0 Å². The topological polar surface area (TPSA) is 49.8 Å². The Morgan fingerprint density at radius 1 is 1.37 bits per heavy atom. The van der Waals surface area contributed by atoms with Crippen LogP contribution in [-0.2, 0) is 16.1 Å². The molecule has 1 unspecified atom stereocenters. The molecule has 0 radical (unpaired) electrons. The lowest BCUT2D eigenvalue weighted by Gasteiger charge is -2.24. The first-order valence-electron chi connectivity index (χ1n) is 6.74. The fraction of sp³-hybridized carbons (Fsp3) is 0.533. The van der Waals surface area contributed by atoms with Gasteiger partial charge in [-0.1, -0.05) is 30.3 Å². The molecule has 0 fully saturated rings. The number of rotatable bonds is 8. The first kappa shape index (κ1) is 15.7. The number of hydrogen-bond donors (Lipinski definition) is 1. The SMILES string of the molecule is CCN(CCCO)C(=O)C(C)OCc1ccccc1. The molecule has 1 aromatic carbocycles. The zero-order valence-electron chi connectivity index (χ0n) is 11.7. The fourth-order valence-electron chi connectivity index (χ4n) is 1.81. The maximum Gasteiger partial charge on any atom is 0.251 e. The van der Waals surface area contributed by atoms with E-state index < -0.39 is 6.10 Å². The van der Waals surface area contributed by atoms with Gasteiger partial charge >= 0.3 is 0 Å². The van der Waals surface area contributed by atoms with E-state index in [0.29, 0.717) is 26.1 Å². The Hall–Kier alpha value is -1.39. The van der Waals surface area contributed by atoms with Gasteiger partial charge in [0.2, 0.25) is 0 Å². The minimum atomic E-state index is -0.459. The first-order chi connectivity index (χ1) is 9.19. The zero-order chi connectivity index (χ0) is 14.1. The quantitative estimate of drug-likeness (QED) is 0.780. The Kier molecular flexibility index (Phi) is 7.15. The highest BCUT2D eigenvalue weighted by molar-refractivity contribution is 5.80. The Morgan fingerprint density at radius 2 is 2.05 bits per heavy atom. The second kappa shape index (κ2) is 8.67. The summed E-state index contributed by atoms with van der Waals surface area (Å²) in [6, 6.07) is 9.79. The largest absolute Gasteiger partial charge is 0.396 e. The van der Waals surface area contributed by atoms with E-state index in [2.05, 4.69) is 0 Å². The van der Waals surface area contributed by atoms with Gasteiger partial charge < -0.3 is 14.7 Å². The van der Waals surface area contributed by atoms with Crippen LogP contribution in [0.1, 0.15) is 25.8 Å². The van der Waals surface area contributed by atoms with Gasteiger partial charge in [0.25, 0.3) is 5.91 Å². The van der Waals surface area contributed by atoms with E-state index >= 15 is 0 Å². The lowest BCUT2D eigenvalue weighted by atomic mass is 10.2. The first-order valence-corrected chi connectivity index (χ1v) is 6.74. The van der Waals surface area contributed by atoms with Crippen LogP contribution in [0.5, 0.6) is 0 Å². The van der Waals surface area contributed by atoms with Crippen molar-refractivity contribution >= 4 is 5.91 Å². The molecule has 0 heterocycles. The highest BCUT2D eigenvalue weighted by Crippen LogP contribution is 2.06. The molecule has 0 aromatic heterocycles. The summed E-state index contributed by atoms with van der Waals surface area (Å²) in [6.45, 7) is 5.45. The van der Waals surface area contributed by atoms with Gasteiger partial charge in [-0.05, 0) is 25.8 Å². The predicted octanol–water partition coefficient (Wildman–Crippen LogP) is 1.82. The molecule has 4 heteroatoms. The molecule has 1 aromatic rings. The highest BCUT2D eigenvalue weighted by Gasteiger charge is 2.19.